The zero-order valence-electron chi connectivity index (χ0n) is 12.7. The molecular weight excluding hydrogens is 330 g/mol. The fourth-order valence-electron chi connectivity index (χ4n) is 2.87. The minimum absolute atomic E-state index is 0.0939. The van der Waals surface area contributed by atoms with Gasteiger partial charge in [0, 0.05) is 15.6 Å². The van der Waals surface area contributed by atoms with Crippen molar-refractivity contribution in [2.24, 2.45) is 5.73 Å². The lowest BCUT2D eigenvalue weighted by atomic mass is 9.88. The van der Waals surface area contributed by atoms with E-state index in [-0.39, 0.29) is 12.3 Å². The Bertz CT molecular complexity index is 702. The van der Waals surface area contributed by atoms with Crippen LogP contribution in [0.15, 0.2) is 16.8 Å². The third-order valence-electron chi connectivity index (χ3n) is 4.02. The van der Waals surface area contributed by atoms with Crippen LogP contribution in [-0.2, 0) is 11.2 Å². The molecule has 0 saturated heterocycles. The maximum absolute atomic E-state index is 12.3. The monoisotopic (exact) mass is 349 g/mol. The summed E-state index contributed by atoms with van der Waals surface area (Å²) in [7, 11) is 0. The molecule has 2 aromatic rings. The Balaban J connectivity index is 1.63. The number of carbonyl (C=O) groups excluding carboxylic acids is 2. The molecule has 2 aromatic heterocycles. The lowest BCUT2D eigenvalue weighted by Crippen LogP contribution is -2.14. The van der Waals surface area contributed by atoms with E-state index in [1.165, 1.54) is 48.3 Å². The summed E-state index contributed by atoms with van der Waals surface area (Å²) in [5.74, 6) is 0.0313. The number of thiazole rings is 1. The number of aromatic nitrogens is 1. The van der Waals surface area contributed by atoms with E-state index in [1.807, 2.05) is 11.4 Å². The third-order valence-corrected chi connectivity index (χ3v) is 5.92. The van der Waals surface area contributed by atoms with Crippen molar-refractivity contribution in [2.45, 2.75) is 44.4 Å². The molecule has 23 heavy (non-hydrogen) atoms. The Morgan fingerprint density at radius 3 is 2.74 bits per heavy atom. The zero-order chi connectivity index (χ0) is 16.2. The highest BCUT2D eigenvalue weighted by molar-refractivity contribution is 7.14. The third kappa shape index (κ3) is 4.17. The Hall–Kier alpha value is -1.73. The van der Waals surface area contributed by atoms with Crippen molar-refractivity contribution >= 4 is 39.6 Å². The molecule has 0 atom stereocenters. The molecular formula is C16H19N3O2S2. The molecule has 3 rings (SSSR count). The fourth-order valence-corrected chi connectivity index (χ4v) is 4.63. The lowest BCUT2D eigenvalue weighted by molar-refractivity contribution is -0.117. The van der Waals surface area contributed by atoms with E-state index in [2.05, 4.69) is 10.3 Å². The van der Waals surface area contributed by atoms with Gasteiger partial charge in [0.25, 0.3) is 5.91 Å². The van der Waals surface area contributed by atoms with Crippen molar-refractivity contribution < 1.29 is 9.59 Å². The summed E-state index contributed by atoms with van der Waals surface area (Å²) in [6.45, 7) is 0. The number of carbonyl (C=O) groups is 2. The standard InChI is InChI=1S/C16H19N3O2S2/c17-14(20)7-12-9-23-16(18-12)19-15(21)11-6-13(22-8-11)10-4-2-1-3-5-10/h6,8-10H,1-5,7H2,(H2,17,20)(H,18,19,21). The van der Waals surface area contributed by atoms with Crippen LogP contribution in [0, 0.1) is 0 Å². The Morgan fingerprint density at radius 1 is 1.22 bits per heavy atom. The van der Waals surface area contributed by atoms with Gasteiger partial charge in [-0.25, -0.2) is 4.98 Å². The number of anilines is 1. The summed E-state index contributed by atoms with van der Waals surface area (Å²) in [5, 5.41) is 6.94. The average molecular weight is 349 g/mol. The molecule has 0 aromatic carbocycles. The van der Waals surface area contributed by atoms with Crippen molar-refractivity contribution in [3.05, 3.63) is 33.0 Å². The average Bonchev–Trinajstić information content (AvgIpc) is 3.17. The zero-order valence-corrected chi connectivity index (χ0v) is 14.3. The van der Waals surface area contributed by atoms with Crippen molar-refractivity contribution in [3.63, 3.8) is 0 Å². The van der Waals surface area contributed by atoms with Crippen molar-refractivity contribution in [1.29, 1.82) is 0 Å². The first kappa shape index (κ1) is 16.1. The quantitative estimate of drug-likeness (QED) is 0.866. The molecule has 122 valence electrons. The fraction of sp³-hybridized carbons (Fsp3) is 0.438. The van der Waals surface area contributed by atoms with Crippen LogP contribution in [0.4, 0.5) is 5.13 Å². The highest BCUT2D eigenvalue weighted by atomic mass is 32.1. The van der Waals surface area contributed by atoms with E-state index < -0.39 is 5.91 Å². The second-order valence-corrected chi connectivity index (χ2v) is 7.61. The molecule has 3 N–H and O–H groups in total. The van der Waals surface area contributed by atoms with Crippen LogP contribution in [0.2, 0.25) is 0 Å². The number of nitrogens with one attached hydrogen (secondary N) is 1. The molecule has 1 aliphatic carbocycles. The molecule has 0 spiro atoms. The summed E-state index contributed by atoms with van der Waals surface area (Å²) in [6.07, 6.45) is 6.44. The Morgan fingerprint density at radius 2 is 2.00 bits per heavy atom. The minimum Gasteiger partial charge on any atom is -0.369 e. The van der Waals surface area contributed by atoms with Gasteiger partial charge in [0.1, 0.15) is 0 Å². The maximum atomic E-state index is 12.3. The van der Waals surface area contributed by atoms with Crippen LogP contribution < -0.4 is 11.1 Å². The van der Waals surface area contributed by atoms with Gasteiger partial charge in [-0.1, -0.05) is 19.3 Å². The van der Waals surface area contributed by atoms with E-state index in [9.17, 15) is 9.59 Å². The normalized spacial score (nSPS) is 15.5. The van der Waals surface area contributed by atoms with Gasteiger partial charge < -0.3 is 5.73 Å². The van der Waals surface area contributed by atoms with Gasteiger partial charge in [-0.05, 0) is 24.8 Å². The Kier molecular flexibility index (Phi) is 5.07. The first-order chi connectivity index (χ1) is 11.1. The van der Waals surface area contributed by atoms with Gasteiger partial charge in [0.15, 0.2) is 5.13 Å². The van der Waals surface area contributed by atoms with Crippen LogP contribution in [0.3, 0.4) is 0 Å². The molecule has 0 bridgehead atoms. The molecule has 5 nitrogen and oxygen atoms in total. The minimum atomic E-state index is -0.428. The van der Waals surface area contributed by atoms with E-state index >= 15 is 0 Å². The molecule has 1 saturated carbocycles. The number of hydrogen-bond donors (Lipinski definition) is 2. The lowest BCUT2D eigenvalue weighted by Gasteiger charge is -2.19. The van der Waals surface area contributed by atoms with Crippen molar-refractivity contribution in [3.8, 4) is 0 Å². The summed E-state index contributed by atoms with van der Waals surface area (Å²) in [6, 6.07) is 2.01. The topological polar surface area (TPSA) is 85.1 Å². The summed E-state index contributed by atoms with van der Waals surface area (Å²) in [5.41, 5.74) is 6.41. The first-order valence-corrected chi connectivity index (χ1v) is 9.50. The smallest absolute Gasteiger partial charge is 0.258 e. The summed E-state index contributed by atoms with van der Waals surface area (Å²) in [4.78, 5) is 28.7. The summed E-state index contributed by atoms with van der Waals surface area (Å²) >= 11 is 2.97. The molecule has 7 heteroatoms. The molecule has 0 radical (unpaired) electrons. The van der Waals surface area contributed by atoms with Crippen LogP contribution in [0.1, 0.15) is 59.0 Å². The highest BCUT2D eigenvalue weighted by Gasteiger charge is 2.19. The van der Waals surface area contributed by atoms with Crippen LogP contribution >= 0.6 is 22.7 Å². The number of rotatable bonds is 5. The van der Waals surface area contributed by atoms with Gasteiger partial charge in [0.05, 0.1) is 17.7 Å². The molecule has 0 aliphatic heterocycles. The van der Waals surface area contributed by atoms with Gasteiger partial charge in [-0.3, -0.25) is 14.9 Å². The first-order valence-electron chi connectivity index (χ1n) is 7.74. The van der Waals surface area contributed by atoms with Crippen molar-refractivity contribution in [1.82, 2.24) is 4.98 Å². The van der Waals surface area contributed by atoms with E-state index in [1.54, 1.807) is 16.7 Å². The van der Waals surface area contributed by atoms with E-state index in [0.717, 1.165) is 0 Å². The van der Waals surface area contributed by atoms with E-state index in [4.69, 9.17) is 5.73 Å². The number of hydrogen-bond acceptors (Lipinski definition) is 5. The number of nitrogens with two attached hydrogens (primary N) is 1. The second-order valence-electron chi connectivity index (χ2n) is 5.81. The Labute approximate surface area is 142 Å². The van der Waals surface area contributed by atoms with E-state index in [0.29, 0.717) is 22.3 Å². The second kappa shape index (κ2) is 7.23. The number of primary amides is 1. The largest absolute Gasteiger partial charge is 0.369 e. The molecule has 2 amide bonds. The maximum Gasteiger partial charge on any atom is 0.258 e. The predicted molar refractivity (Wildman–Crippen MR) is 93.1 cm³/mol. The molecule has 1 fully saturated rings. The molecule has 0 unspecified atom stereocenters. The highest BCUT2D eigenvalue weighted by Crippen LogP contribution is 2.36. The predicted octanol–water partition coefficient (Wildman–Crippen LogP) is 3.53. The van der Waals surface area contributed by atoms with Gasteiger partial charge >= 0.3 is 0 Å². The van der Waals surface area contributed by atoms with Crippen molar-refractivity contribution in [2.75, 3.05) is 5.32 Å². The van der Waals surface area contributed by atoms with Crippen LogP contribution in [-0.4, -0.2) is 16.8 Å². The SMILES string of the molecule is NC(=O)Cc1csc(NC(=O)c2csc(C3CCCCC3)c2)n1. The van der Waals surface area contributed by atoms with Gasteiger partial charge in [0.2, 0.25) is 5.91 Å². The van der Waals surface area contributed by atoms with Crippen LogP contribution in [0.5, 0.6) is 0 Å². The van der Waals surface area contributed by atoms with Gasteiger partial charge in [-0.2, -0.15) is 0 Å². The number of amides is 2. The summed E-state index contributed by atoms with van der Waals surface area (Å²) < 4.78 is 0. The molecule has 1 aliphatic rings. The molecule has 2 heterocycles. The van der Waals surface area contributed by atoms with Crippen LogP contribution in [0.25, 0.3) is 0 Å². The number of nitrogens with zero attached hydrogens (tertiary/aromatic N) is 1. The number of thiophene rings is 1. The van der Waals surface area contributed by atoms with Gasteiger partial charge in [-0.15, -0.1) is 22.7 Å².